The Morgan fingerprint density at radius 1 is 1.44 bits per heavy atom. The van der Waals surface area contributed by atoms with Gasteiger partial charge in [0.15, 0.2) is 0 Å². The SMILES string of the molecule is Cc1cccc(NC(=O)CCNC(C)C)n1. The molecule has 0 unspecified atom stereocenters. The standard InChI is InChI=1S/C12H19N3O/c1-9(2)13-8-7-12(16)15-11-6-4-5-10(3)14-11/h4-6,9,13H,7-8H2,1-3H3,(H,14,15,16). The number of amides is 1. The number of rotatable bonds is 5. The summed E-state index contributed by atoms with van der Waals surface area (Å²) in [5.41, 5.74) is 0.901. The highest BCUT2D eigenvalue weighted by Crippen LogP contribution is 2.03. The number of carbonyl (C=O) groups is 1. The predicted molar refractivity (Wildman–Crippen MR) is 65.4 cm³/mol. The third kappa shape index (κ3) is 4.89. The molecule has 88 valence electrons. The van der Waals surface area contributed by atoms with Crippen LogP contribution >= 0.6 is 0 Å². The zero-order valence-electron chi connectivity index (χ0n) is 10.1. The number of aryl methyl sites for hydroxylation is 1. The molecule has 0 aliphatic rings. The van der Waals surface area contributed by atoms with Gasteiger partial charge in [0.1, 0.15) is 5.82 Å². The molecule has 1 heterocycles. The Bertz CT molecular complexity index is 350. The molecule has 0 saturated carbocycles. The molecule has 0 aromatic carbocycles. The molecule has 1 amide bonds. The van der Waals surface area contributed by atoms with Crippen LogP contribution in [0.4, 0.5) is 5.82 Å². The van der Waals surface area contributed by atoms with Gasteiger partial charge in [-0.25, -0.2) is 4.98 Å². The lowest BCUT2D eigenvalue weighted by Crippen LogP contribution is -2.27. The smallest absolute Gasteiger partial charge is 0.226 e. The van der Waals surface area contributed by atoms with Crippen LogP contribution in [0.25, 0.3) is 0 Å². The molecule has 0 aliphatic carbocycles. The van der Waals surface area contributed by atoms with Gasteiger partial charge in [0.25, 0.3) is 0 Å². The van der Waals surface area contributed by atoms with Gasteiger partial charge >= 0.3 is 0 Å². The lowest BCUT2D eigenvalue weighted by atomic mass is 10.3. The van der Waals surface area contributed by atoms with Gasteiger partial charge < -0.3 is 10.6 Å². The third-order valence-corrected chi connectivity index (χ3v) is 2.06. The topological polar surface area (TPSA) is 54.0 Å². The minimum absolute atomic E-state index is 0.00810. The maximum atomic E-state index is 11.5. The molecule has 1 aromatic rings. The largest absolute Gasteiger partial charge is 0.314 e. The van der Waals surface area contributed by atoms with Gasteiger partial charge in [-0.1, -0.05) is 19.9 Å². The monoisotopic (exact) mass is 221 g/mol. The second kappa shape index (κ2) is 6.23. The highest BCUT2D eigenvalue weighted by atomic mass is 16.1. The van der Waals surface area contributed by atoms with Crippen LogP contribution in [0.15, 0.2) is 18.2 Å². The van der Waals surface area contributed by atoms with Gasteiger partial charge in [-0.2, -0.15) is 0 Å². The Labute approximate surface area is 96.5 Å². The molecule has 2 N–H and O–H groups in total. The van der Waals surface area contributed by atoms with Gasteiger partial charge in [-0.3, -0.25) is 4.79 Å². The van der Waals surface area contributed by atoms with Gasteiger partial charge in [0, 0.05) is 24.7 Å². The Morgan fingerprint density at radius 3 is 2.81 bits per heavy atom. The number of pyridine rings is 1. The van der Waals surface area contributed by atoms with E-state index in [0.29, 0.717) is 24.8 Å². The van der Waals surface area contributed by atoms with E-state index < -0.39 is 0 Å². The first kappa shape index (κ1) is 12.6. The van der Waals surface area contributed by atoms with Gasteiger partial charge in [0.05, 0.1) is 0 Å². The first-order valence-corrected chi connectivity index (χ1v) is 5.55. The van der Waals surface area contributed by atoms with Crippen LogP contribution in [0.2, 0.25) is 0 Å². The number of aromatic nitrogens is 1. The number of hydrogen-bond donors (Lipinski definition) is 2. The summed E-state index contributed by atoms with van der Waals surface area (Å²) in [7, 11) is 0. The minimum atomic E-state index is -0.00810. The normalized spacial score (nSPS) is 10.5. The summed E-state index contributed by atoms with van der Waals surface area (Å²) in [5.74, 6) is 0.612. The quantitative estimate of drug-likeness (QED) is 0.796. The zero-order chi connectivity index (χ0) is 12.0. The Balaban J connectivity index is 2.34. The molecule has 0 spiro atoms. The molecular weight excluding hydrogens is 202 g/mol. The summed E-state index contributed by atoms with van der Waals surface area (Å²) in [6, 6.07) is 5.98. The molecule has 0 fully saturated rings. The maximum Gasteiger partial charge on any atom is 0.226 e. The summed E-state index contributed by atoms with van der Waals surface area (Å²) in [4.78, 5) is 15.7. The van der Waals surface area contributed by atoms with Crippen LogP contribution in [0, 0.1) is 6.92 Å². The Morgan fingerprint density at radius 2 is 2.19 bits per heavy atom. The van der Waals surface area contributed by atoms with Crippen LogP contribution in [0.1, 0.15) is 26.0 Å². The molecule has 16 heavy (non-hydrogen) atoms. The van der Waals surface area contributed by atoms with Crippen molar-refractivity contribution < 1.29 is 4.79 Å². The van der Waals surface area contributed by atoms with E-state index in [1.165, 1.54) is 0 Å². The fourth-order valence-electron chi connectivity index (χ4n) is 1.29. The van der Waals surface area contributed by atoms with E-state index >= 15 is 0 Å². The molecule has 0 radical (unpaired) electrons. The summed E-state index contributed by atoms with van der Waals surface area (Å²) in [5, 5.41) is 5.96. The fraction of sp³-hybridized carbons (Fsp3) is 0.500. The third-order valence-electron chi connectivity index (χ3n) is 2.06. The van der Waals surface area contributed by atoms with Crippen molar-refractivity contribution in [2.24, 2.45) is 0 Å². The van der Waals surface area contributed by atoms with Crippen LogP contribution < -0.4 is 10.6 Å². The van der Waals surface area contributed by atoms with Crippen molar-refractivity contribution in [1.82, 2.24) is 10.3 Å². The Kier molecular flexibility index (Phi) is 4.92. The van der Waals surface area contributed by atoms with E-state index in [-0.39, 0.29) is 5.91 Å². The summed E-state index contributed by atoms with van der Waals surface area (Å²) < 4.78 is 0. The molecular formula is C12H19N3O. The summed E-state index contributed by atoms with van der Waals surface area (Å²) >= 11 is 0. The molecule has 1 rings (SSSR count). The maximum absolute atomic E-state index is 11.5. The first-order chi connectivity index (χ1) is 7.58. The van der Waals surface area contributed by atoms with E-state index in [1.807, 2.05) is 19.1 Å². The van der Waals surface area contributed by atoms with Crippen molar-refractivity contribution in [3.63, 3.8) is 0 Å². The number of nitrogens with zero attached hydrogens (tertiary/aromatic N) is 1. The number of carbonyl (C=O) groups excluding carboxylic acids is 1. The number of hydrogen-bond acceptors (Lipinski definition) is 3. The van der Waals surface area contributed by atoms with Crippen molar-refractivity contribution in [3.05, 3.63) is 23.9 Å². The Hall–Kier alpha value is -1.42. The summed E-state index contributed by atoms with van der Waals surface area (Å²) in [6.45, 7) is 6.70. The van der Waals surface area contributed by atoms with E-state index in [4.69, 9.17) is 0 Å². The molecule has 0 atom stereocenters. The van der Waals surface area contributed by atoms with Gasteiger partial charge in [-0.05, 0) is 19.1 Å². The van der Waals surface area contributed by atoms with Crippen molar-refractivity contribution in [3.8, 4) is 0 Å². The molecule has 4 nitrogen and oxygen atoms in total. The average Bonchev–Trinajstić information content (AvgIpc) is 2.16. The number of anilines is 1. The molecule has 1 aromatic heterocycles. The predicted octanol–water partition coefficient (Wildman–Crippen LogP) is 1.72. The van der Waals surface area contributed by atoms with Crippen LogP contribution in [-0.2, 0) is 4.79 Å². The van der Waals surface area contributed by atoms with Gasteiger partial charge in [-0.15, -0.1) is 0 Å². The first-order valence-electron chi connectivity index (χ1n) is 5.55. The average molecular weight is 221 g/mol. The lowest BCUT2D eigenvalue weighted by molar-refractivity contribution is -0.116. The fourth-order valence-corrected chi connectivity index (χ4v) is 1.29. The number of nitrogens with one attached hydrogen (secondary N) is 2. The highest BCUT2D eigenvalue weighted by molar-refractivity contribution is 5.89. The van der Waals surface area contributed by atoms with Crippen LogP contribution in [-0.4, -0.2) is 23.5 Å². The molecule has 0 aliphatic heterocycles. The molecule has 0 bridgehead atoms. The van der Waals surface area contributed by atoms with Crippen molar-refractivity contribution in [2.75, 3.05) is 11.9 Å². The van der Waals surface area contributed by atoms with E-state index in [0.717, 1.165) is 5.69 Å². The van der Waals surface area contributed by atoms with E-state index in [9.17, 15) is 4.79 Å². The van der Waals surface area contributed by atoms with E-state index in [1.54, 1.807) is 6.07 Å². The van der Waals surface area contributed by atoms with Crippen molar-refractivity contribution >= 4 is 11.7 Å². The minimum Gasteiger partial charge on any atom is -0.314 e. The summed E-state index contributed by atoms with van der Waals surface area (Å²) in [6.07, 6.45) is 0.466. The second-order valence-corrected chi connectivity index (χ2v) is 4.07. The zero-order valence-corrected chi connectivity index (χ0v) is 10.1. The van der Waals surface area contributed by atoms with Crippen molar-refractivity contribution in [2.45, 2.75) is 33.2 Å². The lowest BCUT2D eigenvalue weighted by Gasteiger charge is -2.08. The molecule has 0 saturated heterocycles. The molecule has 4 heteroatoms. The second-order valence-electron chi connectivity index (χ2n) is 4.07. The van der Waals surface area contributed by atoms with Crippen LogP contribution in [0.5, 0.6) is 0 Å². The van der Waals surface area contributed by atoms with Gasteiger partial charge in [0.2, 0.25) is 5.91 Å². The van der Waals surface area contributed by atoms with E-state index in [2.05, 4.69) is 29.5 Å². The highest BCUT2D eigenvalue weighted by Gasteiger charge is 2.03. The van der Waals surface area contributed by atoms with Crippen LogP contribution in [0.3, 0.4) is 0 Å². The van der Waals surface area contributed by atoms with Crippen molar-refractivity contribution in [1.29, 1.82) is 0 Å².